The molecule has 1 fully saturated rings. The lowest BCUT2D eigenvalue weighted by atomic mass is 9.96. The van der Waals surface area contributed by atoms with E-state index in [0.717, 1.165) is 32.1 Å². The van der Waals surface area contributed by atoms with E-state index >= 15 is 0 Å². The molecule has 168 valence electrons. The van der Waals surface area contributed by atoms with Gasteiger partial charge in [0.2, 0.25) is 10.0 Å². The number of aryl methyl sites for hydroxylation is 1. The molecule has 0 aromatic heterocycles. The Hall–Kier alpha value is -1.97. The Morgan fingerprint density at radius 3 is 2.23 bits per heavy atom. The van der Waals surface area contributed by atoms with Crippen LogP contribution in [0.3, 0.4) is 0 Å². The molecule has 2 aromatic carbocycles. The summed E-state index contributed by atoms with van der Waals surface area (Å²) in [5.74, 6) is -0.398. The maximum Gasteiger partial charge on any atom is 0.264 e. The monoisotopic (exact) mass is 466 g/mol. The summed E-state index contributed by atoms with van der Waals surface area (Å²) in [4.78, 5) is 0.0549. The SMILES string of the molecule is C[C@H]1CCc2cc(F)ccc2N1S(=O)(=O)c1ccc(S(=O)(=O)NC2CCCCC2)cc1. The van der Waals surface area contributed by atoms with Gasteiger partial charge in [-0.2, -0.15) is 0 Å². The van der Waals surface area contributed by atoms with Crippen molar-refractivity contribution in [1.29, 1.82) is 0 Å². The van der Waals surface area contributed by atoms with Crippen LogP contribution in [0.1, 0.15) is 51.0 Å². The molecule has 0 radical (unpaired) electrons. The molecule has 0 spiro atoms. The number of hydrogen-bond acceptors (Lipinski definition) is 4. The number of sulfonamides is 2. The molecule has 1 atom stereocenters. The van der Waals surface area contributed by atoms with Gasteiger partial charge < -0.3 is 0 Å². The lowest BCUT2D eigenvalue weighted by Gasteiger charge is -2.36. The lowest BCUT2D eigenvalue weighted by molar-refractivity contribution is 0.412. The van der Waals surface area contributed by atoms with E-state index in [2.05, 4.69) is 4.72 Å². The van der Waals surface area contributed by atoms with Crippen molar-refractivity contribution < 1.29 is 21.2 Å². The molecule has 1 N–H and O–H groups in total. The van der Waals surface area contributed by atoms with Crippen LogP contribution in [0.5, 0.6) is 0 Å². The Morgan fingerprint density at radius 2 is 1.55 bits per heavy atom. The van der Waals surface area contributed by atoms with Crippen LogP contribution in [0, 0.1) is 5.82 Å². The van der Waals surface area contributed by atoms with Crippen LogP contribution in [0.4, 0.5) is 10.1 Å². The topological polar surface area (TPSA) is 83.6 Å². The molecule has 1 aliphatic carbocycles. The van der Waals surface area contributed by atoms with Gasteiger partial charge in [-0.3, -0.25) is 4.31 Å². The summed E-state index contributed by atoms with van der Waals surface area (Å²) in [5, 5.41) is 0. The fourth-order valence-corrected chi connectivity index (χ4v) is 7.50. The minimum atomic E-state index is -3.93. The molecule has 0 unspecified atom stereocenters. The zero-order chi connectivity index (χ0) is 22.2. The fraction of sp³-hybridized carbons (Fsp3) is 0.455. The van der Waals surface area contributed by atoms with Gasteiger partial charge in [0, 0.05) is 12.1 Å². The molecule has 0 amide bonds. The average Bonchev–Trinajstić information content (AvgIpc) is 2.74. The molecule has 2 aromatic rings. The predicted octanol–water partition coefficient (Wildman–Crippen LogP) is 3.97. The number of hydrogen-bond donors (Lipinski definition) is 1. The van der Waals surface area contributed by atoms with Crippen molar-refractivity contribution in [3.05, 3.63) is 53.8 Å². The van der Waals surface area contributed by atoms with Crippen molar-refractivity contribution in [3.8, 4) is 0 Å². The second-order valence-electron chi connectivity index (χ2n) is 8.39. The van der Waals surface area contributed by atoms with E-state index in [-0.39, 0.29) is 21.9 Å². The summed E-state index contributed by atoms with van der Waals surface area (Å²) >= 11 is 0. The van der Waals surface area contributed by atoms with Gasteiger partial charge in [-0.1, -0.05) is 19.3 Å². The molecule has 1 heterocycles. The Morgan fingerprint density at radius 1 is 0.903 bits per heavy atom. The number of benzene rings is 2. The average molecular weight is 467 g/mol. The quantitative estimate of drug-likeness (QED) is 0.723. The second-order valence-corrected chi connectivity index (χ2v) is 11.9. The first-order valence-corrected chi connectivity index (χ1v) is 13.6. The minimum Gasteiger partial charge on any atom is -0.263 e. The normalized spacial score (nSPS) is 20.5. The van der Waals surface area contributed by atoms with Crippen molar-refractivity contribution >= 4 is 25.7 Å². The molecule has 0 bridgehead atoms. The summed E-state index contributed by atoms with van der Waals surface area (Å²) < 4.78 is 69.9. The highest BCUT2D eigenvalue weighted by atomic mass is 32.2. The van der Waals surface area contributed by atoms with Gasteiger partial charge in [-0.15, -0.1) is 0 Å². The van der Waals surface area contributed by atoms with Crippen molar-refractivity contribution in [1.82, 2.24) is 4.72 Å². The fourth-order valence-electron chi connectivity index (χ4n) is 4.47. The molecule has 31 heavy (non-hydrogen) atoms. The first-order chi connectivity index (χ1) is 14.7. The molecule has 1 saturated carbocycles. The van der Waals surface area contributed by atoms with Gasteiger partial charge in [0.25, 0.3) is 10.0 Å². The molecule has 1 aliphatic heterocycles. The van der Waals surface area contributed by atoms with Crippen LogP contribution < -0.4 is 9.03 Å². The molecular formula is C22H27FN2O4S2. The Bertz CT molecular complexity index is 1160. The van der Waals surface area contributed by atoms with Crippen LogP contribution in [-0.4, -0.2) is 28.9 Å². The van der Waals surface area contributed by atoms with E-state index in [9.17, 15) is 21.2 Å². The summed E-state index contributed by atoms with van der Waals surface area (Å²) in [6, 6.07) is 9.07. The van der Waals surface area contributed by atoms with E-state index in [0.29, 0.717) is 24.1 Å². The van der Waals surface area contributed by atoms with Crippen molar-refractivity contribution in [2.24, 2.45) is 0 Å². The summed E-state index contributed by atoms with van der Waals surface area (Å²) in [7, 11) is -7.64. The minimum absolute atomic E-state index is 0.00754. The summed E-state index contributed by atoms with van der Waals surface area (Å²) in [6.07, 6.45) is 5.94. The van der Waals surface area contributed by atoms with Crippen LogP contribution in [0.2, 0.25) is 0 Å². The standard InChI is InChI=1S/C22H27FN2O4S2/c1-16-7-8-17-15-18(23)9-14-22(17)25(16)31(28,29)21-12-10-20(11-13-21)30(26,27)24-19-5-3-2-4-6-19/h9-16,19,24H,2-8H2,1H3/t16-/m0/s1. The van der Waals surface area contributed by atoms with Gasteiger partial charge in [-0.25, -0.2) is 25.9 Å². The van der Waals surface area contributed by atoms with Gasteiger partial charge in [-0.05, 0) is 80.6 Å². The van der Waals surface area contributed by atoms with Crippen LogP contribution in [0.25, 0.3) is 0 Å². The highest BCUT2D eigenvalue weighted by Crippen LogP contribution is 2.36. The highest BCUT2D eigenvalue weighted by Gasteiger charge is 2.34. The maximum absolute atomic E-state index is 13.6. The zero-order valence-corrected chi connectivity index (χ0v) is 19.1. The number of halogens is 1. The van der Waals surface area contributed by atoms with Crippen LogP contribution in [0.15, 0.2) is 52.3 Å². The number of rotatable bonds is 5. The first kappa shape index (κ1) is 22.2. The third-order valence-corrected chi connectivity index (χ3v) is 9.61. The van der Waals surface area contributed by atoms with E-state index in [1.807, 2.05) is 6.92 Å². The Kier molecular flexibility index (Phi) is 6.11. The molecule has 6 nitrogen and oxygen atoms in total. The summed E-state index contributed by atoms with van der Waals surface area (Å²) in [6.45, 7) is 1.82. The van der Waals surface area contributed by atoms with Gasteiger partial charge in [0.05, 0.1) is 15.5 Å². The van der Waals surface area contributed by atoms with Crippen LogP contribution >= 0.6 is 0 Å². The highest BCUT2D eigenvalue weighted by molar-refractivity contribution is 7.93. The van der Waals surface area contributed by atoms with E-state index in [4.69, 9.17) is 0 Å². The lowest BCUT2D eigenvalue weighted by Crippen LogP contribution is -2.42. The van der Waals surface area contributed by atoms with E-state index < -0.39 is 25.9 Å². The molecule has 2 aliphatic rings. The third kappa shape index (κ3) is 4.49. The van der Waals surface area contributed by atoms with Gasteiger partial charge in [0.15, 0.2) is 0 Å². The molecule has 0 saturated heterocycles. The Labute approximate surface area is 183 Å². The molecule has 9 heteroatoms. The first-order valence-electron chi connectivity index (χ1n) is 10.6. The van der Waals surface area contributed by atoms with Gasteiger partial charge >= 0.3 is 0 Å². The van der Waals surface area contributed by atoms with Crippen molar-refractivity contribution in [2.45, 2.75) is 73.7 Å². The number of fused-ring (bicyclic) bond motifs is 1. The van der Waals surface area contributed by atoms with E-state index in [1.54, 1.807) is 0 Å². The van der Waals surface area contributed by atoms with E-state index in [1.165, 1.54) is 46.8 Å². The zero-order valence-electron chi connectivity index (χ0n) is 17.4. The number of anilines is 1. The maximum atomic E-state index is 13.6. The number of nitrogens with one attached hydrogen (secondary N) is 1. The predicted molar refractivity (Wildman–Crippen MR) is 117 cm³/mol. The summed E-state index contributed by atoms with van der Waals surface area (Å²) in [5.41, 5.74) is 1.12. The van der Waals surface area contributed by atoms with Crippen molar-refractivity contribution in [2.75, 3.05) is 4.31 Å². The second kappa shape index (κ2) is 8.52. The third-order valence-electron chi connectivity index (χ3n) is 6.13. The molecule has 4 rings (SSSR count). The smallest absolute Gasteiger partial charge is 0.263 e. The number of nitrogens with zero attached hydrogens (tertiary/aromatic N) is 1. The van der Waals surface area contributed by atoms with Crippen molar-refractivity contribution in [3.63, 3.8) is 0 Å². The Balaban J connectivity index is 1.61. The van der Waals surface area contributed by atoms with Gasteiger partial charge in [0.1, 0.15) is 5.82 Å². The largest absolute Gasteiger partial charge is 0.264 e. The van der Waals surface area contributed by atoms with Crippen LogP contribution in [-0.2, 0) is 26.5 Å². The molecular weight excluding hydrogens is 439 g/mol.